The average Bonchev–Trinajstić information content (AvgIpc) is 3.00. The van der Waals surface area contributed by atoms with E-state index < -0.39 is 0 Å². The molecule has 0 unspecified atom stereocenters. The first kappa shape index (κ1) is 14.3. The Bertz CT molecular complexity index is 522. The van der Waals surface area contributed by atoms with Crippen LogP contribution in [0.4, 0.5) is 0 Å². The molecule has 1 aromatic carbocycles. The fraction of sp³-hybridized carbons (Fsp3) is 0.312. The summed E-state index contributed by atoms with van der Waals surface area (Å²) in [5.41, 5.74) is 1.17. The Morgan fingerprint density at radius 2 is 2.00 bits per heavy atom. The average molecular weight is 273 g/mol. The van der Waals surface area contributed by atoms with Crippen molar-refractivity contribution in [1.82, 2.24) is 4.90 Å². The van der Waals surface area contributed by atoms with E-state index in [2.05, 4.69) is 0 Å². The zero-order chi connectivity index (χ0) is 14.4. The molecule has 1 amide bonds. The summed E-state index contributed by atoms with van der Waals surface area (Å²) in [6, 6.07) is 13.4. The predicted octanol–water partition coefficient (Wildman–Crippen LogP) is 2.61. The van der Waals surface area contributed by atoms with Gasteiger partial charge >= 0.3 is 0 Å². The van der Waals surface area contributed by atoms with E-state index in [1.54, 1.807) is 31.2 Å². The van der Waals surface area contributed by atoms with E-state index in [1.165, 1.54) is 11.8 Å². The third kappa shape index (κ3) is 3.48. The SMILES string of the molecule is COC[C@@H](Cc1ccccc1)N(C)C(=O)c1ccco1. The molecule has 4 heteroatoms. The molecule has 20 heavy (non-hydrogen) atoms. The lowest BCUT2D eigenvalue weighted by molar-refractivity contribution is 0.0575. The summed E-state index contributed by atoms with van der Waals surface area (Å²) in [6.45, 7) is 0.484. The number of methoxy groups -OCH3 is 1. The van der Waals surface area contributed by atoms with Gasteiger partial charge in [-0.2, -0.15) is 0 Å². The maximum atomic E-state index is 12.3. The molecule has 0 fully saturated rings. The highest BCUT2D eigenvalue weighted by atomic mass is 16.5. The molecule has 106 valence electrons. The molecule has 0 aliphatic rings. The van der Waals surface area contributed by atoms with Crippen molar-refractivity contribution in [3.8, 4) is 0 Å². The zero-order valence-corrected chi connectivity index (χ0v) is 11.8. The first-order valence-corrected chi connectivity index (χ1v) is 6.56. The molecule has 1 aromatic heterocycles. The van der Waals surface area contributed by atoms with Crippen LogP contribution in [0.5, 0.6) is 0 Å². The predicted molar refractivity (Wildman–Crippen MR) is 76.6 cm³/mol. The van der Waals surface area contributed by atoms with Gasteiger partial charge in [0.1, 0.15) is 0 Å². The number of furan rings is 1. The molecule has 2 aromatic rings. The second-order valence-corrected chi connectivity index (χ2v) is 4.69. The quantitative estimate of drug-likeness (QED) is 0.812. The standard InChI is InChI=1S/C16H19NO3/c1-17(16(18)15-9-6-10-20-15)14(12-19-2)11-13-7-4-3-5-8-13/h3-10,14H,11-12H2,1-2H3/t14-/m1/s1. The number of ether oxygens (including phenoxy) is 1. The van der Waals surface area contributed by atoms with Crippen LogP contribution in [-0.2, 0) is 11.2 Å². The van der Waals surface area contributed by atoms with Gasteiger partial charge in [-0.25, -0.2) is 0 Å². The van der Waals surface area contributed by atoms with Crippen LogP contribution >= 0.6 is 0 Å². The van der Waals surface area contributed by atoms with Crippen LogP contribution in [0.1, 0.15) is 16.1 Å². The molecule has 0 radical (unpaired) electrons. The van der Waals surface area contributed by atoms with Gasteiger partial charge < -0.3 is 14.1 Å². The molecule has 1 atom stereocenters. The number of carbonyl (C=O) groups is 1. The van der Waals surface area contributed by atoms with Crippen LogP contribution in [0.2, 0.25) is 0 Å². The molecule has 0 aliphatic carbocycles. The third-order valence-corrected chi connectivity index (χ3v) is 3.27. The summed E-state index contributed by atoms with van der Waals surface area (Å²) in [7, 11) is 3.42. The highest BCUT2D eigenvalue weighted by molar-refractivity contribution is 5.91. The summed E-state index contributed by atoms with van der Waals surface area (Å²) in [4.78, 5) is 14.0. The van der Waals surface area contributed by atoms with E-state index in [0.717, 1.165) is 6.42 Å². The molecule has 1 heterocycles. The Labute approximate surface area is 119 Å². The van der Waals surface area contributed by atoms with Gasteiger partial charge in [-0.15, -0.1) is 0 Å². The van der Waals surface area contributed by atoms with Crippen molar-refractivity contribution in [1.29, 1.82) is 0 Å². The van der Waals surface area contributed by atoms with Gasteiger partial charge in [0.15, 0.2) is 5.76 Å². The Morgan fingerprint density at radius 3 is 2.60 bits per heavy atom. The molecule has 0 N–H and O–H groups in total. The molecule has 0 bridgehead atoms. The number of benzene rings is 1. The third-order valence-electron chi connectivity index (χ3n) is 3.27. The second kappa shape index (κ2) is 6.91. The number of likely N-dealkylation sites (N-methyl/N-ethyl adjacent to an activating group) is 1. The molecule has 0 saturated carbocycles. The number of carbonyl (C=O) groups excluding carboxylic acids is 1. The van der Waals surface area contributed by atoms with Gasteiger partial charge in [0.05, 0.1) is 18.9 Å². The van der Waals surface area contributed by atoms with Gasteiger partial charge in [0.2, 0.25) is 0 Å². The van der Waals surface area contributed by atoms with E-state index in [4.69, 9.17) is 9.15 Å². The van der Waals surface area contributed by atoms with Crippen molar-refractivity contribution in [3.05, 3.63) is 60.1 Å². The lowest BCUT2D eigenvalue weighted by Crippen LogP contribution is -2.41. The minimum absolute atomic E-state index is 0.0278. The monoisotopic (exact) mass is 273 g/mol. The van der Waals surface area contributed by atoms with Crippen molar-refractivity contribution in [2.24, 2.45) is 0 Å². The van der Waals surface area contributed by atoms with E-state index in [1.807, 2.05) is 30.3 Å². The van der Waals surface area contributed by atoms with Gasteiger partial charge in [-0.1, -0.05) is 30.3 Å². The van der Waals surface area contributed by atoms with Crippen molar-refractivity contribution in [2.45, 2.75) is 12.5 Å². The molecule has 0 spiro atoms. The van der Waals surface area contributed by atoms with E-state index in [-0.39, 0.29) is 11.9 Å². The fourth-order valence-electron chi connectivity index (χ4n) is 2.13. The highest BCUT2D eigenvalue weighted by Gasteiger charge is 2.23. The smallest absolute Gasteiger partial charge is 0.289 e. The van der Waals surface area contributed by atoms with Crippen LogP contribution in [0.15, 0.2) is 53.1 Å². The molecular formula is C16H19NO3. The first-order valence-electron chi connectivity index (χ1n) is 6.56. The number of hydrogen-bond donors (Lipinski definition) is 0. The molecule has 2 rings (SSSR count). The van der Waals surface area contributed by atoms with Crippen molar-refractivity contribution >= 4 is 5.91 Å². The molecule has 4 nitrogen and oxygen atoms in total. The Kier molecular flexibility index (Phi) is 4.96. The lowest BCUT2D eigenvalue weighted by Gasteiger charge is -2.27. The minimum Gasteiger partial charge on any atom is -0.459 e. The Hall–Kier alpha value is -2.07. The second-order valence-electron chi connectivity index (χ2n) is 4.69. The fourth-order valence-corrected chi connectivity index (χ4v) is 2.13. The summed E-state index contributed by atoms with van der Waals surface area (Å²) in [6.07, 6.45) is 2.25. The lowest BCUT2D eigenvalue weighted by atomic mass is 10.1. The van der Waals surface area contributed by atoms with Crippen LogP contribution < -0.4 is 0 Å². The molecule has 0 saturated heterocycles. The van der Waals surface area contributed by atoms with Gasteiger partial charge in [-0.05, 0) is 24.1 Å². The summed E-state index contributed by atoms with van der Waals surface area (Å²) < 4.78 is 10.4. The van der Waals surface area contributed by atoms with Crippen LogP contribution in [-0.4, -0.2) is 37.6 Å². The molecule has 0 aliphatic heterocycles. The van der Waals surface area contributed by atoms with Crippen LogP contribution in [0.3, 0.4) is 0 Å². The van der Waals surface area contributed by atoms with Gasteiger partial charge in [0, 0.05) is 14.2 Å². The number of rotatable bonds is 6. The Morgan fingerprint density at radius 1 is 1.25 bits per heavy atom. The van der Waals surface area contributed by atoms with Crippen molar-refractivity contribution in [3.63, 3.8) is 0 Å². The number of hydrogen-bond acceptors (Lipinski definition) is 3. The van der Waals surface area contributed by atoms with Gasteiger partial charge in [-0.3, -0.25) is 4.79 Å². The summed E-state index contributed by atoms with van der Waals surface area (Å²) >= 11 is 0. The largest absolute Gasteiger partial charge is 0.459 e. The topological polar surface area (TPSA) is 42.7 Å². The van der Waals surface area contributed by atoms with E-state index in [0.29, 0.717) is 12.4 Å². The Balaban J connectivity index is 2.09. The normalized spacial score (nSPS) is 12.1. The van der Waals surface area contributed by atoms with E-state index in [9.17, 15) is 4.79 Å². The zero-order valence-electron chi connectivity index (χ0n) is 11.8. The minimum atomic E-state index is -0.131. The van der Waals surface area contributed by atoms with E-state index >= 15 is 0 Å². The van der Waals surface area contributed by atoms with Crippen LogP contribution in [0.25, 0.3) is 0 Å². The first-order chi connectivity index (χ1) is 9.72. The summed E-state index contributed by atoms with van der Waals surface area (Å²) in [5, 5.41) is 0. The van der Waals surface area contributed by atoms with Crippen LogP contribution in [0, 0.1) is 0 Å². The highest BCUT2D eigenvalue weighted by Crippen LogP contribution is 2.12. The molecular weight excluding hydrogens is 254 g/mol. The number of nitrogens with zero attached hydrogens (tertiary/aromatic N) is 1. The van der Waals surface area contributed by atoms with Crippen molar-refractivity contribution in [2.75, 3.05) is 20.8 Å². The maximum absolute atomic E-state index is 12.3. The van der Waals surface area contributed by atoms with Crippen molar-refractivity contribution < 1.29 is 13.9 Å². The number of amides is 1. The maximum Gasteiger partial charge on any atom is 0.289 e. The van der Waals surface area contributed by atoms with Gasteiger partial charge in [0.25, 0.3) is 5.91 Å². The summed E-state index contributed by atoms with van der Waals surface area (Å²) in [5.74, 6) is 0.217.